The number of anilines is 1. The predicted octanol–water partition coefficient (Wildman–Crippen LogP) is 4.53. The first kappa shape index (κ1) is 24.7. The van der Waals surface area contributed by atoms with E-state index in [9.17, 15) is 0 Å². The first-order chi connectivity index (χ1) is 18.1. The van der Waals surface area contributed by atoms with Gasteiger partial charge in [0.15, 0.2) is 0 Å². The fraction of sp³-hybridized carbons (Fsp3) is 0.357. The van der Waals surface area contributed by atoms with E-state index in [1.165, 1.54) is 16.6 Å². The summed E-state index contributed by atoms with van der Waals surface area (Å²) in [5, 5.41) is 1.26. The van der Waals surface area contributed by atoms with Crippen LogP contribution in [0.5, 0.6) is 29.3 Å². The summed E-state index contributed by atoms with van der Waals surface area (Å²) in [6.45, 7) is 5.21. The number of methoxy groups -OCH3 is 3. The van der Waals surface area contributed by atoms with Crippen molar-refractivity contribution in [1.29, 1.82) is 0 Å². The Morgan fingerprint density at radius 2 is 1.51 bits per heavy atom. The first-order valence-electron chi connectivity index (χ1n) is 12.5. The lowest BCUT2D eigenvalue weighted by Crippen LogP contribution is -2.46. The van der Waals surface area contributed by atoms with Crippen LogP contribution in [0.1, 0.15) is 12.0 Å². The standard InChI is InChI=1S/C28H33N5O4/c1-34-23-10-11-25-24(17-23)20(19-29-25)5-4-12-32-13-15-33(16-14-32)21-6-8-22(9-7-21)37-28-30-26(35-2)18-27(31-28)36-3/h6-11,17-19,29H,4-5,12-16H2,1-3H3. The van der Waals surface area contributed by atoms with E-state index in [1.807, 2.05) is 18.2 Å². The first-order valence-corrected chi connectivity index (χ1v) is 12.5. The summed E-state index contributed by atoms with van der Waals surface area (Å²) >= 11 is 0. The van der Waals surface area contributed by atoms with Gasteiger partial charge in [0.2, 0.25) is 11.8 Å². The minimum atomic E-state index is 0.185. The second kappa shape index (κ2) is 11.4. The Morgan fingerprint density at radius 1 is 0.811 bits per heavy atom. The highest BCUT2D eigenvalue weighted by Crippen LogP contribution is 2.27. The lowest BCUT2D eigenvalue weighted by molar-refractivity contribution is 0.255. The summed E-state index contributed by atoms with van der Waals surface area (Å²) in [5.74, 6) is 2.33. The van der Waals surface area contributed by atoms with Gasteiger partial charge in [-0.05, 0) is 67.4 Å². The van der Waals surface area contributed by atoms with E-state index in [0.29, 0.717) is 17.5 Å². The quantitative estimate of drug-likeness (QED) is 0.338. The fourth-order valence-corrected chi connectivity index (χ4v) is 4.68. The summed E-state index contributed by atoms with van der Waals surface area (Å²) in [7, 11) is 4.80. The molecular formula is C28H33N5O4. The topological polar surface area (TPSA) is 85.0 Å². The maximum absolute atomic E-state index is 5.82. The van der Waals surface area contributed by atoms with Crippen molar-refractivity contribution in [3.8, 4) is 29.3 Å². The number of aryl methyl sites for hydroxylation is 1. The van der Waals surface area contributed by atoms with E-state index in [1.54, 1.807) is 27.4 Å². The Balaban J connectivity index is 1.10. The third-order valence-electron chi connectivity index (χ3n) is 6.76. The van der Waals surface area contributed by atoms with Crippen LogP contribution in [0.3, 0.4) is 0 Å². The van der Waals surface area contributed by atoms with Gasteiger partial charge < -0.3 is 28.8 Å². The molecule has 0 unspecified atom stereocenters. The molecule has 1 saturated heterocycles. The number of fused-ring (bicyclic) bond motifs is 1. The van der Waals surface area contributed by atoms with Gasteiger partial charge in [0, 0.05) is 49.0 Å². The maximum Gasteiger partial charge on any atom is 0.328 e. The number of hydrogen-bond acceptors (Lipinski definition) is 8. The van der Waals surface area contributed by atoms with Crippen LogP contribution in [-0.4, -0.2) is 73.9 Å². The van der Waals surface area contributed by atoms with Crippen molar-refractivity contribution in [2.75, 3.05) is 59.0 Å². The van der Waals surface area contributed by atoms with Gasteiger partial charge in [-0.1, -0.05) is 0 Å². The molecule has 2 aromatic carbocycles. The van der Waals surface area contributed by atoms with Gasteiger partial charge >= 0.3 is 6.01 Å². The number of aromatic amines is 1. The number of nitrogens with one attached hydrogen (secondary N) is 1. The number of ether oxygens (including phenoxy) is 4. The molecule has 0 atom stereocenters. The van der Waals surface area contributed by atoms with Gasteiger partial charge in [0.1, 0.15) is 11.5 Å². The molecular weight excluding hydrogens is 470 g/mol. The molecule has 5 rings (SSSR count). The lowest BCUT2D eigenvalue weighted by Gasteiger charge is -2.36. The van der Waals surface area contributed by atoms with Gasteiger partial charge in [-0.25, -0.2) is 0 Å². The normalized spacial score (nSPS) is 14.1. The Bertz CT molecular complexity index is 1290. The zero-order valence-electron chi connectivity index (χ0n) is 21.6. The van der Waals surface area contributed by atoms with Crippen molar-refractivity contribution in [3.63, 3.8) is 0 Å². The summed E-state index contributed by atoms with van der Waals surface area (Å²) in [6.07, 6.45) is 4.32. The van der Waals surface area contributed by atoms with Gasteiger partial charge in [0.25, 0.3) is 0 Å². The average molecular weight is 504 g/mol. The molecule has 0 aliphatic carbocycles. The molecule has 0 amide bonds. The van der Waals surface area contributed by atoms with Crippen molar-refractivity contribution in [1.82, 2.24) is 19.9 Å². The fourth-order valence-electron chi connectivity index (χ4n) is 4.68. The van der Waals surface area contributed by atoms with Crippen molar-refractivity contribution >= 4 is 16.6 Å². The van der Waals surface area contributed by atoms with Crippen LogP contribution in [0, 0.1) is 0 Å². The van der Waals surface area contributed by atoms with Crippen molar-refractivity contribution in [2.45, 2.75) is 12.8 Å². The van der Waals surface area contributed by atoms with Gasteiger partial charge in [-0.2, -0.15) is 9.97 Å². The molecule has 0 saturated carbocycles. The number of hydrogen-bond donors (Lipinski definition) is 1. The number of rotatable bonds is 10. The molecule has 1 aliphatic rings. The highest BCUT2D eigenvalue weighted by molar-refractivity contribution is 5.84. The van der Waals surface area contributed by atoms with E-state index in [4.69, 9.17) is 18.9 Å². The molecule has 1 N–H and O–H groups in total. The molecule has 9 nitrogen and oxygen atoms in total. The molecule has 0 bridgehead atoms. The molecule has 9 heteroatoms. The SMILES string of the molecule is COc1ccc2[nH]cc(CCCN3CCN(c4ccc(Oc5nc(OC)cc(OC)n5)cc4)CC3)c2c1. The maximum atomic E-state index is 5.82. The number of piperazine rings is 1. The second-order valence-corrected chi connectivity index (χ2v) is 8.99. The predicted molar refractivity (Wildman–Crippen MR) is 143 cm³/mol. The van der Waals surface area contributed by atoms with E-state index < -0.39 is 0 Å². The molecule has 1 fully saturated rings. The number of H-pyrrole nitrogens is 1. The van der Waals surface area contributed by atoms with Crippen LogP contribution in [-0.2, 0) is 6.42 Å². The zero-order chi connectivity index (χ0) is 25.6. The van der Waals surface area contributed by atoms with Gasteiger partial charge in [-0.3, -0.25) is 4.90 Å². The monoisotopic (exact) mass is 503 g/mol. The zero-order valence-corrected chi connectivity index (χ0v) is 21.6. The summed E-state index contributed by atoms with van der Waals surface area (Å²) in [4.78, 5) is 16.8. The van der Waals surface area contributed by atoms with Crippen LogP contribution in [0.2, 0.25) is 0 Å². The molecule has 0 spiro atoms. The van der Waals surface area contributed by atoms with E-state index in [-0.39, 0.29) is 6.01 Å². The van der Waals surface area contributed by atoms with Gasteiger partial charge in [-0.15, -0.1) is 0 Å². The Morgan fingerprint density at radius 3 is 2.19 bits per heavy atom. The molecule has 4 aromatic rings. The molecule has 2 aromatic heterocycles. The highest BCUT2D eigenvalue weighted by atomic mass is 16.5. The van der Waals surface area contributed by atoms with Crippen LogP contribution >= 0.6 is 0 Å². The van der Waals surface area contributed by atoms with Crippen LogP contribution in [0.15, 0.2) is 54.7 Å². The third-order valence-corrected chi connectivity index (χ3v) is 6.76. The minimum Gasteiger partial charge on any atom is -0.497 e. The molecule has 3 heterocycles. The van der Waals surface area contributed by atoms with E-state index in [2.05, 4.69) is 55.2 Å². The third kappa shape index (κ3) is 5.89. The van der Waals surface area contributed by atoms with E-state index in [0.717, 1.165) is 56.8 Å². The summed E-state index contributed by atoms with van der Waals surface area (Å²) in [6, 6.07) is 16.0. The Kier molecular flexibility index (Phi) is 7.60. The van der Waals surface area contributed by atoms with Crippen LogP contribution in [0.4, 0.5) is 5.69 Å². The minimum absolute atomic E-state index is 0.185. The van der Waals surface area contributed by atoms with E-state index >= 15 is 0 Å². The molecule has 1 aliphatic heterocycles. The molecule has 0 radical (unpaired) electrons. The Labute approximate surface area is 216 Å². The van der Waals surface area contributed by atoms with Crippen molar-refractivity contribution in [2.24, 2.45) is 0 Å². The van der Waals surface area contributed by atoms with Crippen LogP contribution < -0.4 is 23.8 Å². The van der Waals surface area contributed by atoms with Gasteiger partial charge in [0.05, 0.1) is 27.4 Å². The smallest absolute Gasteiger partial charge is 0.328 e. The lowest BCUT2D eigenvalue weighted by atomic mass is 10.1. The molecule has 37 heavy (non-hydrogen) atoms. The average Bonchev–Trinajstić information content (AvgIpc) is 3.35. The number of benzene rings is 2. The van der Waals surface area contributed by atoms with Crippen molar-refractivity contribution in [3.05, 3.63) is 60.3 Å². The Hall–Kier alpha value is -3.98. The second-order valence-electron chi connectivity index (χ2n) is 8.99. The number of nitrogens with zero attached hydrogens (tertiary/aromatic N) is 4. The van der Waals surface area contributed by atoms with Crippen molar-refractivity contribution < 1.29 is 18.9 Å². The summed E-state index contributed by atoms with van der Waals surface area (Å²) in [5.41, 5.74) is 3.70. The largest absolute Gasteiger partial charge is 0.497 e. The highest BCUT2D eigenvalue weighted by Gasteiger charge is 2.17. The number of aromatic nitrogens is 3. The summed E-state index contributed by atoms with van der Waals surface area (Å²) < 4.78 is 21.6. The van der Waals surface area contributed by atoms with Crippen LogP contribution in [0.25, 0.3) is 10.9 Å². The molecule has 194 valence electrons.